The van der Waals surface area contributed by atoms with Crippen molar-refractivity contribution in [2.45, 2.75) is 5.88 Å². The highest BCUT2D eigenvalue weighted by molar-refractivity contribution is 6.48. The van der Waals surface area contributed by atoms with Crippen molar-refractivity contribution in [2.24, 2.45) is 0 Å². The summed E-state index contributed by atoms with van der Waals surface area (Å²) in [5.74, 6) is 0.612. The van der Waals surface area contributed by atoms with Gasteiger partial charge in [0.05, 0.1) is 0 Å². The van der Waals surface area contributed by atoms with Crippen LogP contribution in [0.15, 0.2) is 18.2 Å². The van der Waals surface area contributed by atoms with Gasteiger partial charge in [-0.25, -0.2) is 0 Å². The molecule has 0 radical (unpaired) electrons. The van der Waals surface area contributed by atoms with Crippen LogP contribution in [0.2, 0.25) is 0 Å². The fourth-order valence-electron chi connectivity index (χ4n) is 0.887. The lowest BCUT2D eigenvalue weighted by Gasteiger charge is -2.00. The van der Waals surface area contributed by atoms with E-state index in [1.807, 2.05) is 0 Å². The van der Waals surface area contributed by atoms with E-state index in [-0.39, 0.29) is 0 Å². The lowest BCUT2D eigenvalue weighted by atomic mass is 9.80. The Hall–Kier alpha value is -0.360. The summed E-state index contributed by atoms with van der Waals surface area (Å²) in [4.78, 5) is 0. The van der Waals surface area contributed by atoms with Crippen LogP contribution in [0.1, 0.15) is 5.56 Å². The number of hydrogen-bond donors (Lipinski definition) is 0. The van der Waals surface area contributed by atoms with Gasteiger partial charge >= 0.3 is 0 Å². The van der Waals surface area contributed by atoms with E-state index in [9.17, 15) is 0 Å². The van der Waals surface area contributed by atoms with Crippen molar-refractivity contribution in [3.63, 3.8) is 0 Å². The van der Waals surface area contributed by atoms with Crippen molar-refractivity contribution in [3.8, 4) is 0 Å². The lowest BCUT2D eigenvalue weighted by molar-refractivity contribution is 1.43. The molecular formula is C7H9B2Cl. The van der Waals surface area contributed by atoms with Gasteiger partial charge in [-0.1, -0.05) is 29.1 Å². The number of rotatable bonds is 1. The first kappa shape index (κ1) is 7.74. The summed E-state index contributed by atoms with van der Waals surface area (Å²) in [6, 6.07) is 6.30. The molecule has 1 rings (SSSR count). The zero-order chi connectivity index (χ0) is 7.56. The predicted octanol–water partition coefficient (Wildman–Crippen LogP) is -1.06. The van der Waals surface area contributed by atoms with Gasteiger partial charge in [-0.2, -0.15) is 0 Å². The second-order valence-corrected chi connectivity index (χ2v) is 2.82. The van der Waals surface area contributed by atoms with Gasteiger partial charge < -0.3 is 0 Å². The molecule has 0 aliphatic heterocycles. The molecular weight excluding hydrogens is 141 g/mol. The molecule has 3 heteroatoms. The van der Waals surface area contributed by atoms with Crippen molar-refractivity contribution < 1.29 is 0 Å². The van der Waals surface area contributed by atoms with Crippen molar-refractivity contribution in [2.75, 3.05) is 0 Å². The molecule has 0 aliphatic carbocycles. The highest BCUT2D eigenvalue weighted by Crippen LogP contribution is 1.97. The summed E-state index contributed by atoms with van der Waals surface area (Å²) in [5.41, 5.74) is 3.84. The average Bonchev–Trinajstić information content (AvgIpc) is 1.95. The number of benzene rings is 1. The van der Waals surface area contributed by atoms with E-state index in [2.05, 4.69) is 33.9 Å². The smallest absolute Gasteiger partial charge is 0.122 e. The van der Waals surface area contributed by atoms with Crippen LogP contribution in [0.25, 0.3) is 0 Å². The van der Waals surface area contributed by atoms with E-state index in [1.54, 1.807) is 0 Å². The molecule has 0 aromatic heterocycles. The molecule has 0 atom stereocenters. The minimum Gasteiger partial charge on any atom is -0.122 e. The Balaban J connectivity index is 3.04. The molecule has 1 aromatic carbocycles. The molecule has 50 valence electrons. The molecule has 0 N–H and O–H groups in total. The molecule has 1 aromatic rings. The maximum absolute atomic E-state index is 5.65. The van der Waals surface area contributed by atoms with Gasteiger partial charge in [0.1, 0.15) is 15.7 Å². The minimum absolute atomic E-state index is 0.612. The largest absolute Gasteiger partial charge is 0.138 e. The summed E-state index contributed by atoms with van der Waals surface area (Å²) < 4.78 is 0. The van der Waals surface area contributed by atoms with E-state index in [0.717, 1.165) is 0 Å². The van der Waals surface area contributed by atoms with E-state index in [4.69, 9.17) is 11.6 Å². The molecule has 0 spiro atoms. The Bertz CT molecular complexity index is 235. The topological polar surface area (TPSA) is 0 Å². The number of alkyl halides is 1. The first-order valence-corrected chi connectivity index (χ1v) is 3.89. The highest BCUT2D eigenvalue weighted by atomic mass is 35.5. The zero-order valence-corrected chi connectivity index (χ0v) is 7.07. The van der Waals surface area contributed by atoms with Crippen LogP contribution < -0.4 is 10.9 Å². The van der Waals surface area contributed by atoms with Crippen molar-refractivity contribution in [3.05, 3.63) is 23.8 Å². The Kier molecular flexibility index (Phi) is 2.44. The van der Waals surface area contributed by atoms with E-state index < -0.39 is 0 Å². The summed E-state index contributed by atoms with van der Waals surface area (Å²) in [6.45, 7) is 0. The van der Waals surface area contributed by atoms with Crippen LogP contribution in [0.3, 0.4) is 0 Å². The van der Waals surface area contributed by atoms with E-state index >= 15 is 0 Å². The molecule has 10 heavy (non-hydrogen) atoms. The molecule has 0 nitrogen and oxygen atoms in total. The highest BCUT2D eigenvalue weighted by Gasteiger charge is 1.92. The van der Waals surface area contributed by atoms with Gasteiger partial charge in [-0.05, 0) is 5.56 Å². The zero-order valence-electron chi connectivity index (χ0n) is 6.32. The van der Waals surface area contributed by atoms with Crippen LogP contribution in [0.4, 0.5) is 0 Å². The Morgan fingerprint density at radius 1 is 1.20 bits per heavy atom. The standard InChI is InChI=1S/C7H9B2Cl/c8-6-2-1-5(4-10)3-7(6)9/h1-3H,4,8-9H2. The molecule has 0 saturated carbocycles. The molecule has 0 saturated heterocycles. The van der Waals surface area contributed by atoms with Gasteiger partial charge in [-0.15, -0.1) is 11.6 Å². The third-order valence-corrected chi connectivity index (χ3v) is 2.03. The number of halogens is 1. The maximum Gasteiger partial charge on any atom is 0.138 e. The second-order valence-electron chi connectivity index (χ2n) is 2.55. The Morgan fingerprint density at radius 2 is 1.90 bits per heavy atom. The van der Waals surface area contributed by atoms with Crippen LogP contribution >= 0.6 is 11.6 Å². The normalized spacial score (nSPS) is 9.70. The van der Waals surface area contributed by atoms with Crippen LogP contribution in [0, 0.1) is 0 Å². The quantitative estimate of drug-likeness (QED) is 0.354. The number of hydrogen-bond acceptors (Lipinski definition) is 0. The van der Waals surface area contributed by atoms with Gasteiger partial charge in [0.25, 0.3) is 0 Å². The maximum atomic E-state index is 5.65. The Labute approximate surface area is 68.4 Å². The summed E-state index contributed by atoms with van der Waals surface area (Å²) in [6.07, 6.45) is 0. The van der Waals surface area contributed by atoms with Gasteiger partial charge in [0.2, 0.25) is 0 Å². The lowest BCUT2D eigenvalue weighted by Crippen LogP contribution is -2.25. The minimum atomic E-state index is 0.612. The fourth-order valence-corrected chi connectivity index (χ4v) is 1.05. The SMILES string of the molecule is Bc1ccc(CCl)cc1B. The van der Waals surface area contributed by atoms with Crippen LogP contribution in [-0.4, -0.2) is 15.7 Å². The first-order chi connectivity index (χ1) is 4.74. The van der Waals surface area contributed by atoms with Crippen LogP contribution in [-0.2, 0) is 5.88 Å². The summed E-state index contributed by atoms with van der Waals surface area (Å²) in [7, 11) is 4.21. The second kappa shape index (κ2) is 3.16. The Morgan fingerprint density at radius 3 is 2.40 bits per heavy atom. The van der Waals surface area contributed by atoms with Crippen LogP contribution in [0.5, 0.6) is 0 Å². The molecule has 0 unspecified atom stereocenters. The van der Waals surface area contributed by atoms with E-state index in [0.29, 0.717) is 5.88 Å². The van der Waals surface area contributed by atoms with Crippen molar-refractivity contribution >= 4 is 38.2 Å². The molecule has 0 amide bonds. The van der Waals surface area contributed by atoms with Crippen molar-refractivity contribution in [1.82, 2.24) is 0 Å². The summed E-state index contributed by atoms with van der Waals surface area (Å²) >= 11 is 5.65. The summed E-state index contributed by atoms with van der Waals surface area (Å²) in [5, 5.41) is 0. The molecule has 0 bridgehead atoms. The average molecular weight is 150 g/mol. The molecule has 0 heterocycles. The molecule has 0 fully saturated rings. The monoisotopic (exact) mass is 150 g/mol. The van der Waals surface area contributed by atoms with Crippen molar-refractivity contribution in [1.29, 1.82) is 0 Å². The molecule has 0 aliphatic rings. The fraction of sp³-hybridized carbons (Fsp3) is 0.143. The first-order valence-electron chi connectivity index (χ1n) is 3.36. The van der Waals surface area contributed by atoms with Gasteiger partial charge in [-0.3, -0.25) is 0 Å². The van der Waals surface area contributed by atoms with Gasteiger partial charge in [0, 0.05) is 5.88 Å². The van der Waals surface area contributed by atoms with E-state index in [1.165, 1.54) is 16.5 Å². The predicted molar refractivity (Wildman–Crippen MR) is 52.4 cm³/mol. The van der Waals surface area contributed by atoms with Gasteiger partial charge in [0.15, 0.2) is 0 Å². The third-order valence-electron chi connectivity index (χ3n) is 1.73. The third kappa shape index (κ3) is 1.57.